The van der Waals surface area contributed by atoms with Gasteiger partial charge in [-0.05, 0) is 32.5 Å². The van der Waals surface area contributed by atoms with Gasteiger partial charge in [0.2, 0.25) is 11.8 Å². The lowest BCUT2D eigenvalue weighted by molar-refractivity contribution is -0.125. The lowest BCUT2D eigenvalue weighted by Gasteiger charge is -2.17. The van der Waals surface area contributed by atoms with Crippen LogP contribution in [0.4, 0.5) is 0 Å². The number of para-hydroxylation sites is 2. The first kappa shape index (κ1) is 19.4. The minimum Gasteiger partial charge on any atom is -0.355 e. The van der Waals surface area contributed by atoms with Crippen LogP contribution >= 0.6 is 0 Å². The molecule has 2 N–H and O–H groups in total. The van der Waals surface area contributed by atoms with E-state index in [0.29, 0.717) is 32.5 Å². The van der Waals surface area contributed by atoms with E-state index in [-0.39, 0.29) is 23.9 Å². The number of likely N-dealkylation sites (N-methyl/N-ethyl adjacent to an activating group) is 2. The van der Waals surface area contributed by atoms with Gasteiger partial charge in [0.15, 0.2) is 0 Å². The van der Waals surface area contributed by atoms with E-state index in [4.69, 9.17) is 0 Å². The number of imidazole rings is 1. The van der Waals surface area contributed by atoms with Crippen molar-refractivity contribution in [2.24, 2.45) is 0 Å². The molecule has 1 aliphatic heterocycles. The van der Waals surface area contributed by atoms with Crippen LogP contribution in [0.3, 0.4) is 0 Å². The number of hydrogen-bond donors (Lipinski definition) is 2. The summed E-state index contributed by atoms with van der Waals surface area (Å²) >= 11 is 0. The SMILES string of the molecule is CCNC(=O)C1CC(NC(=O)CCn2c(CC)nc3ccccc32)CN1C. The molecule has 3 rings (SSSR count). The molecule has 0 radical (unpaired) electrons. The third-order valence-corrected chi connectivity index (χ3v) is 5.18. The Balaban J connectivity index is 1.57. The number of nitrogens with one attached hydrogen (secondary N) is 2. The number of benzene rings is 1. The van der Waals surface area contributed by atoms with Gasteiger partial charge in [-0.15, -0.1) is 0 Å². The van der Waals surface area contributed by atoms with E-state index < -0.39 is 0 Å². The fourth-order valence-electron chi connectivity index (χ4n) is 3.86. The Labute approximate surface area is 160 Å². The summed E-state index contributed by atoms with van der Waals surface area (Å²) < 4.78 is 2.13. The third-order valence-electron chi connectivity index (χ3n) is 5.18. The van der Waals surface area contributed by atoms with Gasteiger partial charge in [-0.3, -0.25) is 14.5 Å². The first-order valence-electron chi connectivity index (χ1n) is 9.74. The van der Waals surface area contributed by atoms with E-state index >= 15 is 0 Å². The summed E-state index contributed by atoms with van der Waals surface area (Å²) in [5.74, 6) is 1.06. The Morgan fingerprint density at radius 3 is 2.78 bits per heavy atom. The summed E-state index contributed by atoms with van der Waals surface area (Å²) in [6.07, 6.45) is 1.89. The second kappa shape index (κ2) is 8.52. The highest BCUT2D eigenvalue weighted by molar-refractivity contribution is 5.82. The molecule has 2 unspecified atom stereocenters. The fraction of sp³-hybridized carbons (Fsp3) is 0.550. The summed E-state index contributed by atoms with van der Waals surface area (Å²) in [6.45, 7) is 5.92. The lowest BCUT2D eigenvalue weighted by Crippen LogP contribution is -2.41. The molecule has 146 valence electrons. The summed E-state index contributed by atoms with van der Waals surface area (Å²) in [6, 6.07) is 7.87. The maximum absolute atomic E-state index is 12.5. The van der Waals surface area contributed by atoms with Crippen molar-refractivity contribution in [3.05, 3.63) is 30.1 Å². The van der Waals surface area contributed by atoms with Crippen molar-refractivity contribution < 1.29 is 9.59 Å². The standard InChI is InChI=1S/C20H29N5O2/c1-4-18-23-15-8-6-7-9-16(15)25(18)11-10-19(26)22-14-12-17(24(3)13-14)20(27)21-5-2/h6-9,14,17H,4-5,10-13H2,1-3H3,(H,21,27)(H,22,26). The van der Waals surface area contributed by atoms with Gasteiger partial charge in [0.1, 0.15) is 5.82 Å². The Morgan fingerprint density at radius 1 is 1.26 bits per heavy atom. The third kappa shape index (κ3) is 4.30. The summed E-state index contributed by atoms with van der Waals surface area (Å²) in [5.41, 5.74) is 2.04. The summed E-state index contributed by atoms with van der Waals surface area (Å²) in [4.78, 5) is 31.2. The van der Waals surface area contributed by atoms with Crippen molar-refractivity contribution in [1.29, 1.82) is 0 Å². The zero-order valence-electron chi connectivity index (χ0n) is 16.4. The maximum atomic E-state index is 12.5. The monoisotopic (exact) mass is 371 g/mol. The minimum atomic E-state index is -0.167. The maximum Gasteiger partial charge on any atom is 0.237 e. The highest BCUT2D eigenvalue weighted by Crippen LogP contribution is 2.18. The topological polar surface area (TPSA) is 79.3 Å². The van der Waals surface area contributed by atoms with Gasteiger partial charge < -0.3 is 15.2 Å². The molecule has 1 fully saturated rings. The van der Waals surface area contributed by atoms with Crippen molar-refractivity contribution >= 4 is 22.8 Å². The number of carbonyl (C=O) groups excluding carboxylic acids is 2. The van der Waals surface area contributed by atoms with Gasteiger partial charge in [0.05, 0.1) is 17.1 Å². The van der Waals surface area contributed by atoms with E-state index in [9.17, 15) is 9.59 Å². The summed E-state index contributed by atoms with van der Waals surface area (Å²) in [7, 11) is 1.93. The average Bonchev–Trinajstić information content (AvgIpc) is 3.20. The molecular weight excluding hydrogens is 342 g/mol. The zero-order valence-corrected chi connectivity index (χ0v) is 16.4. The van der Waals surface area contributed by atoms with Crippen LogP contribution in [0.2, 0.25) is 0 Å². The van der Waals surface area contributed by atoms with Crippen LogP contribution in [-0.2, 0) is 22.6 Å². The molecule has 1 aromatic heterocycles. The van der Waals surface area contributed by atoms with Crippen molar-refractivity contribution in [2.45, 2.75) is 51.7 Å². The van der Waals surface area contributed by atoms with Crippen LogP contribution in [0.5, 0.6) is 0 Å². The molecule has 2 amide bonds. The Kier molecular flexibility index (Phi) is 6.11. The molecule has 1 saturated heterocycles. The van der Waals surface area contributed by atoms with Gasteiger partial charge in [-0.2, -0.15) is 0 Å². The normalized spacial score (nSPS) is 20.1. The highest BCUT2D eigenvalue weighted by atomic mass is 16.2. The van der Waals surface area contributed by atoms with Crippen molar-refractivity contribution in [3.8, 4) is 0 Å². The number of amides is 2. The number of aromatic nitrogens is 2. The molecule has 1 aliphatic rings. The molecule has 0 spiro atoms. The van der Waals surface area contributed by atoms with Crippen molar-refractivity contribution in [2.75, 3.05) is 20.1 Å². The van der Waals surface area contributed by atoms with Crippen LogP contribution in [0.15, 0.2) is 24.3 Å². The molecule has 7 heteroatoms. The van der Waals surface area contributed by atoms with E-state index in [2.05, 4.69) is 27.1 Å². The zero-order chi connectivity index (χ0) is 19.4. The van der Waals surface area contributed by atoms with E-state index in [1.54, 1.807) is 0 Å². The number of likely N-dealkylation sites (tertiary alicyclic amines) is 1. The van der Waals surface area contributed by atoms with Crippen molar-refractivity contribution in [3.63, 3.8) is 0 Å². The summed E-state index contributed by atoms with van der Waals surface area (Å²) in [5, 5.41) is 5.95. The minimum absolute atomic E-state index is 0.0142. The highest BCUT2D eigenvalue weighted by Gasteiger charge is 2.34. The molecule has 0 aliphatic carbocycles. The van der Waals surface area contributed by atoms with Crippen LogP contribution in [0.1, 0.15) is 32.5 Å². The molecule has 2 atom stereocenters. The Hall–Kier alpha value is -2.41. The number of carbonyl (C=O) groups is 2. The average molecular weight is 371 g/mol. The number of fused-ring (bicyclic) bond motifs is 1. The van der Waals surface area contributed by atoms with Crippen molar-refractivity contribution in [1.82, 2.24) is 25.1 Å². The first-order valence-corrected chi connectivity index (χ1v) is 9.74. The molecule has 7 nitrogen and oxygen atoms in total. The Bertz CT molecular complexity index is 816. The largest absolute Gasteiger partial charge is 0.355 e. The van der Waals surface area contributed by atoms with Gasteiger partial charge >= 0.3 is 0 Å². The first-order chi connectivity index (χ1) is 13.0. The van der Waals surface area contributed by atoms with E-state index in [1.165, 1.54) is 0 Å². The second-order valence-corrected chi connectivity index (χ2v) is 7.12. The number of aryl methyl sites for hydroxylation is 2. The number of rotatable bonds is 7. The predicted molar refractivity (Wildman–Crippen MR) is 105 cm³/mol. The molecular formula is C20H29N5O2. The molecule has 2 heterocycles. The Morgan fingerprint density at radius 2 is 2.04 bits per heavy atom. The number of hydrogen-bond acceptors (Lipinski definition) is 4. The van der Waals surface area contributed by atoms with E-state index in [1.807, 2.05) is 43.1 Å². The second-order valence-electron chi connectivity index (χ2n) is 7.12. The van der Waals surface area contributed by atoms with Crippen LogP contribution < -0.4 is 10.6 Å². The lowest BCUT2D eigenvalue weighted by atomic mass is 10.1. The molecule has 1 aromatic carbocycles. The fourth-order valence-corrected chi connectivity index (χ4v) is 3.86. The van der Waals surface area contributed by atoms with Crippen LogP contribution in [0, 0.1) is 0 Å². The molecule has 0 bridgehead atoms. The smallest absolute Gasteiger partial charge is 0.237 e. The van der Waals surface area contributed by atoms with Gasteiger partial charge in [-0.1, -0.05) is 19.1 Å². The van der Waals surface area contributed by atoms with Gasteiger partial charge in [0, 0.05) is 38.5 Å². The van der Waals surface area contributed by atoms with Gasteiger partial charge in [-0.25, -0.2) is 4.98 Å². The van der Waals surface area contributed by atoms with Gasteiger partial charge in [0.25, 0.3) is 0 Å². The predicted octanol–water partition coefficient (Wildman–Crippen LogP) is 1.31. The quantitative estimate of drug-likeness (QED) is 0.769. The van der Waals surface area contributed by atoms with Crippen LogP contribution in [-0.4, -0.2) is 58.5 Å². The molecule has 27 heavy (non-hydrogen) atoms. The molecule has 0 saturated carbocycles. The number of nitrogens with zero attached hydrogens (tertiary/aromatic N) is 3. The molecule has 2 aromatic rings. The van der Waals surface area contributed by atoms with Crippen LogP contribution in [0.25, 0.3) is 11.0 Å². The van der Waals surface area contributed by atoms with E-state index in [0.717, 1.165) is 23.3 Å².